The third-order valence-corrected chi connectivity index (χ3v) is 4.45. The summed E-state index contributed by atoms with van der Waals surface area (Å²) in [6.45, 7) is 6.03. The zero-order chi connectivity index (χ0) is 15.7. The summed E-state index contributed by atoms with van der Waals surface area (Å²) in [4.78, 5) is 0. The van der Waals surface area contributed by atoms with Crippen molar-refractivity contribution in [3.63, 3.8) is 0 Å². The number of rotatable bonds is 10. The third kappa shape index (κ3) is 7.57. The lowest BCUT2D eigenvalue weighted by molar-refractivity contribution is 0.122. The van der Waals surface area contributed by atoms with Crippen LogP contribution in [-0.2, 0) is 27.1 Å². The molecule has 1 rings (SSSR count). The van der Waals surface area contributed by atoms with E-state index in [0.29, 0.717) is 0 Å². The summed E-state index contributed by atoms with van der Waals surface area (Å²) in [6, 6.07) is 7.65. The molecular formula is C15H26N2O3S. The Morgan fingerprint density at radius 3 is 2.38 bits per heavy atom. The van der Waals surface area contributed by atoms with Crippen molar-refractivity contribution < 1.29 is 13.2 Å². The first-order chi connectivity index (χ1) is 9.96. The van der Waals surface area contributed by atoms with Crippen molar-refractivity contribution in [1.29, 1.82) is 0 Å². The summed E-state index contributed by atoms with van der Waals surface area (Å²) in [6.07, 6.45) is 0.966. The van der Waals surface area contributed by atoms with Crippen molar-refractivity contribution in [3.8, 4) is 0 Å². The van der Waals surface area contributed by atoms with Gasteiger partial charge in [0, 0.05) is 20.2 Å². The molecule has 0 bridgehead atoms. The molecule has 5 nitrogen and oxygen atoms in total. The lowest BCUT2D eigenvalue weighted by Gasteiger charge is -2.11. The van der Waals surface area contributed by atoms with Crippen molar-refractivity contribution in [3.05, 3.63) is 35.4 Å². The Kier molecular flexibility index (Phi) is 7.88. The highest BCUT2D eigenvalue weighted by atomic mass is 32.2. The van der Waals surface area contributed by atoms with Gasteiger partial charge in [0.1, 0.15) is 0 Å². The van der Waals surface area contributed by atoms with E-state index in [4.69, 9.17) is 4.74 Å². The highest BCUT2D eigenvalue weighted by molar-refractivity contribution is 7.88. The van der Waals surface area contributed by atoms with E-state index in [9.17, 15) is 8.42 Å². The van der Waals surface area contributed by atoms with Crippen LogP contribution < -0.4 is 10.0 Å². The second-order valence-electron chi connectivity index (χ2n) is 5.15. The van der Waals surface area contributed by atoms with Crippen LogP contribution in [0.1, 0.15) is 31.4 Å². The van der Waals surface area contributed by atoms with Crippen LogP contribution in [0.2, 0.25) is 0 Å². The average molecular weight is 314 g/mol. The highest BCUT2D eigenvalue weighted by Gasteiger charge is 2.12. The molecule has 0 saturated heterocycles. The maximum atomic E-state index is 11.9. The molecule has 6 heteroatoms. The lowest BCUT2D eigenvalue weighted by atomic mass is 10.1. The van der Waals surface area contributed by atoms with E-state index >= 15 is 0 Å². The fraction of sp³-hybridized carbons (Fsp3) is 0.600. The zero-order valence-electron chi connectivity index (χ0n) is 13.1. The molecule has 0 aromatic heterocycles. The quantitative estimate of drug-likeness (QED) is 0.644. The Morgan fingerprint density at radius 1 is 1.19 bits per heavy atom. The van der Waals surface area contributed by atoms with Crippen LogP contribution in [0.15, 0.2) is 24.3 Å². The maximum Gasteiger partial charge on any atom is 0.215 e. The molecule has 0 aliphatic carbocycles. The minimum absolute atomic E-state index is 0.00783. The number of methoxy groups -OCH3 is 1. The summed E-state index contributed by atoms with van der Waals surface area (Å²) >= 11 is 0. The van der Waals surface area contributed by atoms with Gasteiger partial charge in [0.15, 0.2) is 0 Å². The molecule has 0 amide bonds. The van der Waals surface area contributed by atoms with Gasteiger partial charge in [-0.05, 0) is 31.0 Å². The van der Waals surface area contributed by atoms with Crippen molar-refractivity contribution in [2.45, 2.75) is 38.7 Å². The first-order valence-corrected chi connectivity index (χ1v) is 8.90. The normalized spacial score (nSPS) is 13.3. The van der Waals surface area contributed by atoms with Crippen molar-refractivity contribution in [2.24, 2.45) is 0 Å². The molecule has 1 aromatic rings. The van der Waals surface area contributed by atoms with Crippen LogP contribution >= 0.6 is 0 Å². The largest absolute Gasteiger partial charge is 0.380 e. The van der Waals surface area contributed by atoms with Crippen molar-refractivity contribution in [1.82, 2.24) is 10.0 Å². The van der Waals surface area contributed by atoms with E-state index in [1.807, 2.05) is 31.2 Å². The molecule has 0 aliphatic rings. The van der Waals surface area contributed by atoms with E-state index in [2.05, 4.69) is 17.0 Å². The van der Waals surface area contributed by atoms with Gasteiger partial charge in [-0.3, -0.25) is 0 Å². The van der Waals surface area contributed by atoms with Gasteiger partial charge in [-0.1, -0.05) is 31.2 Å². The van der Waals surface area contributed by atoms with E-state index < -0.39 is 10.0 Å². The van der Waals surface area contributed by atoms with Gasteiger partial charge >= 0.3 is 0 Å². The van der Waals surface area contributed by atoms with Gasteiger partial charge in [-0.2, -0.15) is 0 Å². The summed E-state index contributed by atoms with van der Waals surface area (Å²) in [5, 5.41) is 3.31. The topological polar surface area (TPSA) is 67.4 Å². The number of hydrogen-bond acceptors (Lipinski definition) is 4. The first kappa shape index (κ1) is 18.1. The predicted octanol–water partition coefficient (Wildman–Crippen LogP) is 1.64. The minimum Gasteiger partial charge on any atom is -0.380 e. The summed E-state index contributed by atoms with van der Waals surface area (Å²) < 4.78 is 31.4. The van der Waals surface area contributed by atoms with Crippen LogP contribution in [0.5, 0.6) is 0 Å². The first-order valence-electron chi connectivity index (χ1n) is 7.25. The molecule has 1 aromatic carbocycles. The minimum atomic E-state index is -3.32. The molecule has 120 valence electrons. The van der Waals surface area contributed by atoms with Gasteiger partial charge in [0.2, 0.25) is 10.0 Å². The SMILES string of the molecule is CCCNCc1ccc(CS(=O)(=O)NCC(C)OC)cc1. The van der Waals surface area contributed by atoms with Gasteiger partial charge < -0.3 is 10.1 Å². The Labute approximate surface area is 128 Å². The molecule has 0 spiro atoms. The molecule has 2 N–H and O–H groups in total. The maximum absolute atomic E-state index is 11.9. The molecule has 1 atom stereocenters. The monoisotopic (exact) mass is 314 g/mol. The van der Waals surface area contributed by atoms with E-state index in [1.54, 1.807) is 7.11 Å². The van der Waals surface area contributed by atoms with Gasteiger partial charge in [0.05, 0.1) is 11.9 Å². The van der Waals surface area contributed by atoms with Crippen LogP contribution in [0.25, 0.3) is 0 Å². The number of nitrogens with one attached hydrogen (secondary N) is 2. The van der Waals surface area contributed by atoms with Crippen LogP contribution in [0.4, 0.5) is 0 Å². The van der Waals surface area contributed by atoms with E-state index in [-0.39, 0.29) is 18.4 Å². The molecule has 1 unspecified atom stereocenters. The second-order valence-corrected chi connectivity index (χ2v) is 6.95. The molecule has 21 heavy (non-hydrogen) atoms. The smallest absolute Gasteiger partial charge is 0.215 e. The summed E-state index contributed by atoms with van der Waals surface area (Å²) in [5.74, 6) is -0.00783. The third-order valence-electron chi connectivity index (χ3n) is 3.13. The number of ether oxygens (including phenoxy) is 1. The van der Waals surface area contributed by atoms with Crippen LogP contribution in [0, 0.1) is 0 Å². The Morgan fingerprint density at radius 2 is 1.81 bits per heavy atom. The van der Waals surface area contributed by atoms with Gasteiger partial charge in [-0.25, -0.2) is 13.1 Å². The number of benzene rings is 1. The Hall–Kier alpha value is -0.950. The molecule has 0 saturated carbocycles. The fourth-order valence-electron chi connectivity index (χ4n) is 1.76. The fourth-order valence-corrected chi connectivity index (χ4v) is 2.98. The lowest BCUT2D eigenvalue weighted by Crippen LogP contribution is -2.32. The standard InChI is InChI=1S/C15H26N2O3S/c1-4-9-16-11-14-5-7-15(8-6-14)12-21(18,19)17-10-13(2)20-3/h5-8,13,16-17H,4,9-12H2,1-3H3. The van der Waals surface area contributed by atoms with Crippen LogP contribution in [0.3, 0.4) is 0 Å². The molecule has 0 aliphatic heterocycles. The van der Waals surface area contributed by atoms with Crippen molar-refractivity contribution in [2.75, 3.05) is 20.2 Å². The zero-order valence-corrected chi connectivity index (χ0v) is 13.9. The summed E-state index contributed by atoms with van der Waals surface area (Å²) in [5.41, 5.74) is 1.94. The summed E-state index contributed by atoms with van der Waals surface area (Å²) in [7, 11) is -1.76. The molecule has 0 fully saturated rings. The molecule has 0 heterocycles. The van der Waals surface area contributed by atoms with E-state index in [0.717, 1.165) is 30.6 Å². The predicted molar refractivity (Wildman–Crippen MR) is 85.5 cm³/mol. The van der Waals surface area contributed by atoms with E-state index in [1.165, 1.54) is 0 Å². The number of sulfonamides is 1. The van der Waals surface area contributed by atoms with Gasteiger partial charge in [0.25, 0.3) is 0 Å². The Bertz CT molecular complexity index is 500. The average Bonchev–Trinajstić information content (AvgIpc) is 2.46. The molecular weight excluding hydrogens is 288 g/mol. The van der Waals surface area contributed by atoms with Crippen molar-refractivity contribution >= 4 is 10.0 Å². The van der Waals surface area contributed by atoms with Gasteiger partial charge in [-0.15, -0.1) is 0 Å². The highest BCUT2D eigenvalue weighted by Crippen LogP contribution is 2.08. The Balaban J connectivity index is 2.50. The number of hydrogen-bond donors (Lipinski definition) is 2. The molecule has 0 radical (unpaired) electrons. The van der Waals surface area contributed by atoms with Crippen LogP contribution in [-0.4, -0.2) is 34.7 Å². The second kappa shape index (κ2) is 9.15.